The van der Waals surface area contributed by atoms with Gasteiger partial charge in [-0.1, -0.05) is 15.9 Å². The molecule has 0 bridgehead atoms. The molecule has 0 aliphatic carbocycles. The van der Waals surface area contributed by atoms with E-state index in [9.17, 15) is 9.59 Å². The van der Waals surface area contributed by atoms with Gasteiger partial charge < -0.3 is 10.0 Å². The molecule has 0 aromatic heterocycles. The Morgan fingerprint density at radius 1 is 1.50 bits per heavy atom. The summed E-state index contributed by atoms with van der Waals surface area (Å²) in [4.78, 5) is 25.8. The van der Waals surface area contributed by atoms with E-state index in [1.807, 2.05) is 25.1 Å². The monoisotopic (exact) mass is 357 g/mol. The molecule has 1 aromatic carbocycles. The average molecular weight is 358 g/mol. The van der Waals surface area contributed by atoms with Crippen molar-refractivity contribution in [3.05, 3.63) is 28.2 Å². The number of halogens is 1. The van der Waals surface area contributed by atoms with Crippen molar-refractivity contribution < 1.29 is 14.7 Å². The molecule has 2 rings (SSSR count). The number of thioether (sulfide) groups is 1. The molecule has 0 radical (unpaired) electrons. The fourth-order valence-electron chi connectivity index (χ4n) is 2.32. The number of carboxylic acid groups (broad SMARTS) is 1. The summed E-state index contributed by atoms with van der Waals surface area (Å²) in [5.74, 6) is -0.713. The highest BCUT2D eigenvalue weighted by molar-refractivity contribution is 9.10. The maximum Gasteiger partial charge on any atom is 0.326 e. The van der Waals surface area contributed by atoms with Crippen molar-refractivity contribution in [1.82, 2.24) is 4.90 Å². The molecule has 1 amide bonds. The van der Waals surface area contributed by atoms with Crippen molar-refractivity contribution in [3.8, 4) is 0 Å². The molecule has 1 aliphatic rings. The number of hydrogen-bond acceptors (Lipinski definition) is 3. The van der Waals surface area contributed by atoms with Gasteiger partial charge in [0.25, 0.3) is 0 Å². The zero-order valence-electron chi connectivity index (χ0n) is 11.1. The lowest BCUT2D eigenvalue weighted by atomic mass is 10.2. The molecular formula is C14H16BrNO3S. The predicted molar refractivity (Wildman–Crippen MR) is 82.0 cm³/mol. The normalized spacial score (nSPS) is 18.3. The first kappa shape index (κ1) is 15.4. The lowest BCUT2D eigenvalue weighted by Gasteiger charge is -2.21. The Hall–Kier alpha value is -1.01. The van der Waals surface area contributed by atoms with E-state index in [-0.39, 0.29) is 11.7 Å². The van der Waals surface area contributed by atoms with Crippen LogP contribution < -0.4 is 0 Å². The molecule has 0 spiro atoms. The zero-order valence-corrected chi connectivity index (χ0v) is 13.5. The first-order chi connectivity index (χ1) is 9.49. The van der Waals surface area contributed by atoms with Gasteiger partial charge in [0.2, 0.25) is 5.91 Å². The molecule has 1 atom stereocenters. The maximum absolute atomic E-state index is 12.1. The lowest BCUT2D eigenvalue weighted by molar-refractivity contribution is -0.147. The third-order valence-electron chi connectivity index (χ3n) is 3.35. The molecule has 6 heteroatoms. The van der Waals surface area contributed by atoms with Crippen LogP contribution in [-0.4, -0.2) is 40.2 Å². The molecule has 1 unspecified atom stereocenters. The molecule has 1 fully saturated rings. The van der Waals surface area contributed by atoms with E-state index in [1.54, 1.807) is 0 Å². The predicted octanol–water partition coefficient (Wildman–Crippen LogP) is 2.93. The number of likely N-dealkylation sites (tertiary alicyclic amines) is 1. The van der Waals surface area contributed by atoms with Crippen LogP contribution >= 0.6 is 27.7 Å². The third kappa shape index (κ3) is 3.55. The number of carboxylic acids is 1. The van der Waals surface area contributed by atoms with Gasteiger partial charge in [0.15, 0.2) is 0 Å². The molecule has 1 aliphatic heterocycles. The number of nitrogens with zero attached hydrogens (tertiary/aromatic N) is 1. The fourth-order valence-corrected chi connectivity index (χ4v) is 3.69. The van der Waals surface area contributed by atoms with Crippen LogP contribution in [0.25, 0.3) is 0 Å². The van der Waals surface area contributed by atoms with E-state index in [4.69, 9.17) is 5.11 Å². The first-order valence-corrected chi connectivity index (χ1v) is 8.18. The summed E-state index contributed by atoms with van der Waals surface area (Å²) in [7, 11) is 0. The maximum atomic E-state index is 12.1. The van der Waals surface area contributed by atoms with Gasteiger partial charge >= 0.3 is 5.97 Å². The number of hydrogen-bond donors (Lipinski definition) is 1. The number of amides is 1. The van der Waals surface area contributed by atoms with Gasteiger partial charge in [0.05, 0.1) is 5.75 Å². The summed E-state index contributed by atoms with van der Waals surface area (Å²) in [6, 6.07) is 5.27. The number of rotatable bonds is 4. The van der Waals surface area contributed by atoms with E-state index in [1.165, 1.54) is 16.7 Å². The Labute approximate surface area is 130 Å². The Kier molecular flexibility index (Phi) is 5.10. The zero-order chi connectivity index (χ0) is 14.7. The minimum atomic E-state index is -0.902. The fraction of sp³-hybridized carbons (Fsp3) is 0.429. The van der Waals surface area contributed by atoms with E-state index in [2.05, 4.69) is 15.9 Å². The number of aliphatic carboxylic acids is 1. The van der Waals surface area contributed by atoms with Crippen molar-refractivity contribution in [3.63, 3.8) is 0 Å². The lowest BCUT2D eigenvalue weighted by Crippen LogP contribution is -2.41. The van der Waals surface area contributed by atoms with Gasteiger partial charge in [0, 0.05) is 15.9 Å². The van der Waals surface area contributed by atoms with Crippen molar-refractivity contribution in [1.29, 1.82) is 0 Å². The van der Waals surface area contributed by atoms with Crippen LogP contribution in [0.3, 0.4) is 0 Å². The Balaban J connectivity index is 1.96. The van der Waals surface area contributed by atoms with E-state index in [0.717, 1.165) is 21.4 Å². The van der Waals surface area contributed by atoms with Crippen molar-refractivity contribution in [2.45, 2.75) is 30.7 Å². The summed E-state index contributed by atoms with van der Waals surface area (Å²) in [5.41, 5.74) is 1.10. The molecule has 1 heterocycles. The Morgan fingerprint density at radius 3 is 2.90 bits per heavy atom. The number of carbonyl (C=O) groups is 2. The van der Waals surface area contributed by atoms with Crippen LogP contribution in [0.2, 0.25) is 0 Å². The van der Waals surface area contributed by atoms with Crippen LogP contribution in [0.1, 0.15) is 18.4 Å². The van der Waals surface area contributed by atoms with Crippen LogP contribution in [0.5, 0.6) is 0 Å². The highest BCUT2D eigenvalue weighted by Gasteiger charge is 2.33. The number of benzene rings is 1. The molecule has 1 saturated heterocycles. The number of aryl methyl sites for hydroxylation is 1. The van der Waals surface area contributed by atoms with Gasteiger partial charge in [-0.05, 0) is 43.5 Å². The molecule has 1 aromatic rings. The first-order valence-electron chi connectivity index (χ1n) is 6.40. The minimum absolute atomic E-state index is 0.0952. The van der Waals surface area contributed by atoms with Gasteiger partial charge in [-0.25, -0.2) is 4.79 Å². The molecule has 1 N–H and O–H groups in total. The summed E-state index contributed by atoms with van der Waals surface area (Å²) in [5, 5.41) is 9.09. The van der Waals surface area contributed by atoms with E-state index < -0.39 is 12.0 Å². The smallest absolute Gasteiger partial charge is 0.326 e. The van der Waals surface area contributed by atoms with E-state index in [0.29, 0.717) is 13.0 Å². The highest BCUT2D eigenvalue weighted by atomic mass is 79.9. The molecule has 0 saturated carbocycles. The second-order valence-electron chi connectivity index (χ2n) is 4.78. The van der Waals surface area contributed by atoms with Crippen molar-refractivity contribution >= 4 is 39.6 Å². The molecule has 108 valence electrons. The van der Waals surface area contributed by atoms with Gasteiger partial charge in [0.1, 0.15) is 6.04 Å². The van der Waals surface area contributed by atoms with Gasteiger partial charge in [-0.3, -0.25) is 4.79 Å². The van der Waals surface area contributed by atoms with E-state index >= 15 is 0 Å². The Morgan fingerprint density at radius 2 is 2.25 bits per heavy atom. The van der Waals surface area contributed by atoms with Crippen LogP contribution in [0.15, 0.2) is 27.6 Å². The highest BCUT2D eigenvalue weighted by Crippen LogP contribution is 2.26. The van der Waals surface area contributed by atoms with Crippen LogP contribution in [0, 0.1) is 6.92 Å². The Bertz CT molecular complexity index is 535. The third-order valence-corrected chi connectivity index (χ3v) is 5.00. The van der Waals surface area contributed by atoms with Crippen molar-refractivity contribution in [2.75, 3.05) is 12.3 Å². The van der Waals surface area contributed by atoms with Crippen LogP contribution in [0.4, 0.5) is 0 Å². The summed E-state index contributed by atoms with van der Waals surface area (Å²) < 4.78 is 1.01. The SMILES string of the molecule is Cc1cc(Br)ccc1SCC(=O)N1CCCC1C(=O)O. The minimum Gasteiger partial charge on any atom is -0.480 e. The largest absolute Gasteiger partial charge is 0.480 e. The van der Waals surface area contributed by atoms with Gasteiger partial charge in [-0.15, -0.1) is 11.8 Å². The standard InChI is InChI=1S/C14H16BrNO3S/c1-9-7-10(15)4-5-12(9)20-8-13(17)16-6-2-3-11(16)14(18)19/h4-5,7,11H,2-3,6,8H2,1H3,(H,18,19). The topological polar surface area (TPSA) is 57.6 Å². The second-order valence-corrected chi connectivity index (χ2v) is 6.71. The average Bonchev–Trinajstić information content (AvgIpc) is 2.86. The summed E-state index contributed by atoms with van der Waals surface area (Å²) in [6.45, 7) is 2.54. The number of carbonyl (C=O) groups excluding carboxylic acids is 1. The molecule has 20 heavy (non-hydrogen) atoms. The van der Waals surface area contributed by atoms with Crippen LogP contribution in [-0.2, 0) is 9.59 Å². The molecule has 4 nitrogen and oxygen atoms in total. The summed E-state index contributed by atoms with van der Waals surface area (Å²) >= 11 is 4.86. The quantitative estimate of drug-likeness (QED) is 0.841. The van der Waals surface area contributed by atoms with Gasteiger partial charge in [-0.2, -0.15) is 0 Å². The summed E-state index contributed by atoms with van der Waals surface area (Å²) in [6.07, 6.45) is 1.33. The molecular weight excluding hydrogens is 342 g/mol. The van der Waals surface area contributed by atoms with Crippen molar-refractivity contribution in [2.24, 2.45) is 0 Å². The second kappa shape index (κ2) is 6.63.